The highest BCUT2D eigenvalue weighted by Gasteiger charge is 2.53. The molecule has 0 aromatic heterocycles. The SMILES string of the molecule is C=C(CC1CC(=O)N(CCN2CCOC2(C(=C)C)c2ccccc2)C1=O)CC(C)(C)C(C)(C)C(C)(C)C(C)(C)C.C=C/C=C\C.CC.CS. The summed E-state index contributed by atoms with van der Waals surface area (Å²) in [7, 11) is 0. The van der Waals surface area contributed by atoms with E-state index in [2.05, 4.69) is 99.6 Å². The van der Waals surface area contributed by atoms with Crippen molar-refractivity contribution in [3.8, 4) is 0 Å². The Bertz CT molecular complexity index is 1260. The van der Waals surface area contributed by atoms with E-state index in [0.717, 1.165) is 23.1 Å². The summed E-state index contributed by atoms with van der Waals surface area (Å²) >= 11 is 3.53. The Hall–Kier alpha value is -2.41. The molecule has 5 nitrogen and oxygen atoms in total. The van der Waals surface area contributed by atoms with Gasteiger partial charge in [-0.3, -0.25) is 19.4 Å². The molecule has 2 aliphatic rings. The second-order valence-electron chi connectivity index (χ2n) is 15.7. The smallest absolute Gasteiger partial charge is 0.233 e. The van der Waals surface area contributed by atoms with E-state index < -0.39 is 5.72 Å². The summed E-state index contributed by atoms with van der Waals surface area (Å²) in [5.41, 5.74) is 2.40. The average molecular weight is 697 g/mol. The second-order valence-corrected chi connectivity index (χ2v) is 15.7. The Morgan fingerprint density at radius 1 is 0.959 bits per heavy atom. The molecule has 49 heavy (non-hydrogen) atoms. The van der Waals surface area contributed by atoms with Crippen molar-refractivity contribution in [3.63, 3.8) is 0 Å². The van der Waals surface area contributed by atoms with Crippen LogP contribution in [0.3, 0.4) is 0 Å². The summed E-state index contributed by atoms with van der Waals surface area (Å²) in [5, 5.41) is 0. The van der Waals surface area contributed by atoms with Crippen molar-refractivity contribution in [2.45, 2.75) is 115 Å². The van der Waals surface area contributed by atoms with Crippen LogP contribution in [0.5, 0.6) is 0 Å². The zero-order valence-corrected chi connectivity index (χ0v) is 34.7. The third kappa shape index (κ3) is 10.8. The largest absolute Gasteiger partial charge is 0.351 e. The fourth-order valence-electron chi connectivity index (χ4n) is 6.94. The van der Waals surface area contributed by atoms with Gasteiger partial charge in [0.1, 0.15) is 0 Å². The van der Waals surface area contributed by atoms with Gasteiger partial charge in [0.05, 0.1) is 12.5 Å². The molecule has 2 fully saturated rings. The van der Waals surface area contributed by atoms with Crippen LogP contribution in [0, 0.1) is 27.6 Å². The lowest BCUT2D eigenvalue weighted by Gasteiger charge is -2.58. The number of hydrogen-bond donors (Lipinski definition) is 1. The molecule has 0 aliphatic carbocycles. The van der Waals surface area contributed by atoms with Crippen LogP contribution in [0.1, 0.15) is 115 Å². The van der Waals surface area contributed by atoms with Gasteiger partial charge < -0.3 is 4.74 Å². The predicted molar refractivity (Wildman–Crippen MR) is 216 cm³/mol. The minimum atomic E-state index is -0.736. The maximum atomic E-state index is 13.5. The van der Waals surface area contributed by atoms with Crippen molar-refractivity contribution in [2.24, 2.45) is 27.6 Å². The van der Waals surface area contributed by atoms with Gasteiger partial charge in [0.25, 0.3) is 0 Å². The molecule has 0 saturated carbocycles. The monoisotopic (exact) mass is 697 g/mol. The zero-order valence-electron chi connectivity index (χ0n) is 33.8. The lowest BCUT2D eigenvalue weighted by atomic mass is 9.47. The predicted octanol–water partition coefficient (Wildman–Crippen LogP) is 10.9. The number of carbonyl (C=O) groups excluding carboxylic acids is 2. The molecule has 6 heteroatoms. The molecule has 0 spiro atoms. The van der Waals surface area contributed by atoms with Gasteiger partial charge in [-0.05, 0) is 60.2 Å². The van der Waals surface area contributed by atoms with Crippen LogP contribution in [0.15, 0.2) is 79.4 Å². The number of imide groups is 1. The molecule has 2 saturated heterocycles. The van der Waals surface area contributed by atoms with Crippen molar-refractivity contribution < 1.29 is 14.3 Å². The standard InChI is InChI=1S/C35H54N2O3.C5H8.C2H6.CH4S/c1-25(2)35(28-16-14-13-15-17-28)36(20-21-40-35)18-19-37-29(38)23-27(30(37)39)22-26(3)24-32(7,8)34(11,12)33(9,10)31(4,5)6;1-3-5-4-2;2*1-2/h13-17,27H,1,3,18-24H2,2,4-12H3;3-5H,1H2,2H3;1-2H3;2H,1H3/b;5-4-;;. The molecule has 2 unspecified atom stereocenters. The van der Waals surface area contributed by atoms with Crippen LogP contribution in [0.2, 0.25) is 0 Å². The van der Waals surface area contributed by atoms with Crippen molar-refractivity contribution in [3.05, 3.63) is 85.0 Å². The van der Waals surface area contributed by atoms with Crippen molar-refractivity contribution in [1.82, 2.24) is 9.80 Å². The zero-order chi connectivity index (χ0) is 38.4. The van der Waals surface area contributed by atoms with Gasteiger partial charge in [-0.25, -0.2) is 0 Å². The Balaban J connectivity index is 0.00000230. The number of carbonyl (C=O) groups is 2. The summed E-state index contributed by atoms with van der Waals surface area (Å²) in [6.45, 7) is 43.2. The fourth-order valence-corrected chi connectivity index (χ4v) is 6.94. The topological polar surface area (TPSA) is 49.9 Å². The number of thiol groups is 1. The first-order valence-electron chi connectivity index (χ1n) is 18.0. The average Bonchev–Trinajstić information content (AvgIpc) is 3.58. The first-order valence-corrected chi connectivity index (χ1v) is 18.9. The molecule has 2 heterocycles. The number of hydrogen-bond acceptors (Lipinski definition) is 5. The quantitative estimate of drug-likeness (QED) is 0.102. The lowest BCUT2D eigenvalue weighted by Crippen LogP contribution is -2.51. The third-order valence-electron chi connectivity index (χ3n) is 11.5. The van der Waals surface area contributed by atoms with E-state index >= 15 is 0 Å². The van der Waals surface area contributed by atoms with Crippen LogP contribution in [0.25, 0.3) is 0 Å². The molecule has 0 bridgehead atoms. The van der Waals surface area contributed by atoms with Crippen molar-refractivity contribution >= 4 is 24.4 Å². The number of benzene rings is 1. The van der Waals surface area contributed by atoms with E-state index in [-0.39, 0.29) is 45.8 Å². The highest BCUT2D eigenvalue weighted by Crippen LogP contribution is 2.60. The minimum absolute atomic E-state index is 0.00899. The summed E-state index contributed by atoms with van der Waals surface area (Å²) in [6.07, 6.45) is 8.91. The lowest BCUT2D eigenvalue weighted by molar-refractivity contribution is -0.140. The molecular formula is C43H72N2O3S. The summed E-state index contributed by atoms with van der Waals surface area (Å²) < 4.78 is 6.29. The normalized spacial score (nSPS) is 20.1. The third-order valence-corrected chi connectivity index (χ3v) is 11.5. The van der Waals surface area contributed by atoms with Crippen molar-refractivity contribution in [2.75, 3.05) is 32.5 Å². The van der Waals surface area contributed by atoms with Crippen LogP contribution < -0.4 is 0 Å². The van der Waals surface area contributed by atoms with Gasteiger partial charge in [-0.15, -0.1) is 0 Å². The van der Waals surface area contributed by atoms with Gasteiger partial charge in [-0.1, -0.05) is 150 Å². The number of nitrogens with zero attached hydrogens (tertiary/aromatic N) is 2. The molecule has 2 atom stereocenters. The molecule has 1 aromatic rings. The van der Waals surface area contributed by atoms with E-state index in [0.29, 0.717) is 32.7 Å². The maximum Gasteiger partial charge on any atom is 0.233 e. The second kappa shape index (κ2) is 19.8. The van der Waals surface area contributed by atoms with Crippen LogP contribution >= 0.6 is 12.6 Å². The number of ether oxygens (including phenoxy) is 1. The first-order chi connectivity index (χ1) is 22.7. The van der Waals surface area contributed by atoms with E-state index in [1.165, 1.54) is 4.90 Å². The fraction of sp³-hybridized carbons (Fsp3) is 0.628. The summed E-state index contributed by atoms with van der Waals surface area (Å²) in [5.74, 6) is -0.486. The highest BCUT2D eigenvalue weighted by molar-refractivity contribution is 7.79. The Morgan fingerprint density at radius 2 is 1.51 bits per heavy atom. The number of rotatable bonds is 12. The Morgan fingerprint density at radius 3 is 1.96 bits per heavy atom. The van der Waals surface area contributed by atoms with Crippen LogP contribution in [-0.4, -0.2) is 54.1 Å². The Kier molecular flexibility index (Phi) is 18.9. The van der Waals surface area contributed by atoms with Crippen LogP contribution in [-0.2, 0) is 20.1 Å². The van der Waals surface area contributed by atoms with Gasteiger partial charge in [-0.2, -0.15) is 12.6 Å². The van der Waals surface area contributed by atoms with Crippen molar-refractivity contribution in [1.29, 1.82) is 0 Å². The van der Waals surface area contributed by atoms with E-state index in [1.807, 2.05) is 70.2 Å². The maximum absolute atomic E-state index is 13.5. The number of amides is 2. The van der Waals surface area contributed by atoms with Gasteiger partial charge in [0.2, 0.25) is 11.8 Å². The first kappa shape index (κ1) is 46.6. The molecule has 0 radical (unpaired) electrons. The molecule has 1 aromatic carbocycles. The summed E-state index contributed by atoms with van der Waals surface area (Å²) in [4.78, 5) is 30.2. The van der Waals surface area contributed by atoms with Gasteiger partial charge >= 0.3 is 0 Å². The van der Waals surface area contributed by atoms with E-state index in [1.54, 1.807) is 12.3 Å². The number of likely N-dealkylation sites (tertiary alicyclic amines) is 1. The summed E-state index contributed by atoms with van der Waals surface area (Å²) in [6, 6.07) is 10.1. The van der Waals surface area contributed by atoms with Gasteiger partial charge in [0.15, 0.2) is 5.72 Å². The van der Waals surface area contributed by atoms with E-state index in [4.69, 9.17) is 4.74 Å². The van der Waals surface area contributed by atoms with Gasteiger partial charge in [0, 0.05) is 31.6 Å². The van der Waals surface area contributed by atoms with E-state index in [9.17, 15) is 9.59 Å². The molecule has 2 amide bonds. The van der Waals surface area contributed by atoms with Crippen LogP contribution in [0.4, 0.5) is 0 Å². The number of allylic oxidation sites excluding steroid dienone is 4. The highest BCUT2D eigenvalue weighted by atomic mass is 32.1. The Labute approximate surface area is 307 Å². The molecule has 3 rings (SSSR count). The molecule has 0 N–H and O–H groups in total. The molecular weight excluding hydrogens is 625 g/mol. The molecule has 2 aliphatic heterocycles. The minimum Gasteiger partial charge on any atom is -0.351 e. The molecule has 278 valence electrons.